The first-order valence-corrected chi connectivity index (χ1v) is 7.82. The molecule has 0 aliphatic heterocycles. The lowest BCUT2D eigenvalue weighted by Gasteiger charge is -2.25. The van der Waals surface area contributed by atoms with Gasteiger partial charge in [0.2, 0.25) is 0 Å². The molecule has 3 N–H and O–H groups in total. The molecule has 1 amide bonds. The summed E-state index contributed by atoms with van der Waals surface area (Å²) >= 11 is 1.73. The van der Waals surface area contributed by atoms with Crippen molar-refractivity contribution in [3.05, 3.63) is 33.9 Å². The van der Waals surface area contributed by atoms with E-state index in [1.54, 1.807) is 23.7 Å². The van der Waals surface area contributed by atoms with Gasteiger partial charge >= 0.3 is 0 Å². The smallest absolute Gasteiger partial charge is 0.293 e. The highest BCUT2D eigenvalue weighted by atomic mass is 32.2. The molecule has 0 spiro atoms. The Labute approximate surface area is 128 Å². The number of hydrogen-bond donors (Lipinski definition) is 2. The first-order chi connectivity index (χ1) is 9.92. The largest absolute Gasteiger partial charge is 0.339 e. The van der Waals surface area contributed by atoms with Crippen LogP contribution < -0.4 is 11.3 Å². The average Bonchev–Trinajstić information content (AvgIpc) is 2.50. The van der Waals surface area contributed by atoms with E-state index in [2.05, 4.69) is 5.43 Å². The summed E-state index contributed by atoms with van der Waals surface area (Å²) < 4.78 is 0. The van der Waals surface area contributed by atoms with Gasteiger partial charge < -0.3 is 10.3 Å². The third kappa shape index (κ3) is 4.33. The highest BCUT2D eigenvalue weighted by Gasteiger charge is 2.20. The topological polar surface area (TPSA) is 102 Å². The zero-order valence-corrected chi connectivity index (χ0v) is 13.1. The van der Waals surface area contributed by atoms with E-state index in [0.29, 0.717) is 5.56 Å². The Hall–Kier alpha value is -1.80. The average molecular weight is 312 g/mol. The number of nitro benzene ring substituents is 1. The molecule has 8 heteroatoms. The highest BCUT2D eigenvalue weighted by molar-refractivity contribution is 7.98. The molecule has 21 heavy (non-hydrogen) atoms. The molecule has 0 heterocycles. The van der Waals surface area contributed by atoms with Crippen molar-refractivity contribution in [3.8, 4) is 0 Å². The van der Waals surface area contributed by atoms with Gasteiger partial charge in [0, 0.05) is 24.7 Å². The summed E-state index contributed by atoms with van der Waals surface area (Å²) in [6.45, 7) is 1.97. The number of hydrogen-bond acceptors (Lipinski definition) is 6. The van der Waals surface area contributed by atoms with E-state index >= 15 is 0 Å². The normalized spacial score (nSPS) is 11.8. The number of anilines is 1. The zero-order chi connectivity index (χ0) is 16.0. The van der Waals surface area contributed by atoms with Crippen molar-refractivity contribution in [3.63, 3.8) is 0 Å². The molecule has 0 saturated heterocycles. The Morgan fingerprint density at radius 1 is 1.57 bits per heavy atom. The minimum Gasteiger partial charge on any atom is -0.339 e. The van der Waals surface area contributed by atoms with Crippen LogP contribution in [0.15, 0.2) is 18.2 Å². The molecule has 7 nitrogen and oxygen atoms in total. The SMILES string of the molecule is CSCCC(C)N(C)C(=O)c1ccc([N+](=O)[O-])c(NN)c1. The van der Waals surface area contributed by atoms with Crippen molar-refractivity contribution >= 4 is 29.0 Å². The molecule has 1 aromatic carbocycles. The lowest BCUT2D eigenvalue weighted by molar-refractivity contribution is -0.384. The number of thioether (sulfide) groups is 1. The van der Waals surface area contributed by atoms with Crippen LogP contribution in [0.1, 0.15) is 23.7 Å². The Kier molecular flexibility index (Phi) is 6.44. The molecule has 1 unspecified atom stereocenters. The van der Waals surface area contributed by atoms with Crippen molar-refractivity contribution < 1.29 is 9.72 Å². The van der Waals surface area contributed by atoms with Crippen molar-refractivity contribution in [2.45, 2.75) is 19.4 Å². The molecule has 0 bridgehead atoms. The van der Waals surface area contributed by atoms with Crippen LogP contribution >= 0.6 is 11.8 Å². The minimum absolute atomic E-state index is 0.0921. The van der Waals surface area contributed by atoms with E-state index in [1.807, 2.05) is 13.2 Å². The van der Waals surface area contributed by atoms with Crippen LogP contribution in [0.2, 0.25) is 0 Å². The van der Waals surface area contributed by atoms with Crippen LogP contribution in [-0.2, 0) is 0 Å². The quantitative estimate of drug-likeness (QED) is 0.454. The van der Waals surface area contributed by atoms with Crippen molar-refractivity contribution in [1.29, 1.82) is 0 Å². The molecule has 0 radical (unpaired) electrons. The number of nitrogen functional groups attached to an aromatic ring is 1. The van der Waals surface area contributed by atoms with Gasteiger partial charge in [0.25, 0.3) is 11.6 Å². The van der Waals surface area contributed by atoms with Gasteiger partial charge in [0.15, 0.2) is 0 Å². The Balaban J connectivity index is 2.94. The van der Waals surface area contributed by atoms with E-state index in [4.69, 9.17) is 5.84 Å². The first-order valence-electron chi connectivity index (χ1n) is 6.43. The lowest BCUT2D eigenvalue weighted by atomic mass is 10.1. The monoisotopic (exact) mass is 312 g/mol. The molecule has 0 aromatic heterocycles. The maximum absolute atomic E-state index is 12.4. The number of nitro groups is 1. The van der Waals surface area contributed by atoms with Gasteiger partial charge in [0.05, 0.1) is 4.92 Å². The van der Waals surface area contributed by atoms with Gasteiger partial charge in [-0.3, -0.25) is 20.8 Å². The summed E-state index contributed by atoms with van der Waals surface area (Å²) in [4.78, 5) is 24.3. The predicted octanol–water partition coefficient (Wildman–Crippen LogP) is 2.09. The Morgan fingerprint density at radius 2 is 2.24 bits per heavy atom. The third-order valence-corrected chi connectivity index (χ3v) is 3.96. The second-order valence-electron chi connectivity index (χ2n) is 4.68. The van der Waals surface area contributed by atoms with Crippen LogP contribution in [0.4, 0.5) is 11.4 Å². The fourth-order valence-corrected chi connectivity index (χ4v) is 2.41. The summed E-state index contributed by atoms with van der Waals surface area (Å²) in [5, 5.41) is 10.8. The number of nitrogens with zero attached hydrogens (tertiary/aromatic N) is 2. The molecule has 0 aliphatic rings. The van der Waals surface area contributed by atoms with Crippen LogP contribution in [-0.4, -0.2) is 40.8 Å². The van der Waals surface area contributed by atoms with E-state index in [0.717, 1.165) is 12.2 Å². The summed E-state index contributed by atoms with van der Waals surface area (Å²) in [7, 11) is 1.73. The molecular formula is C13H20N4O3S. The summed E-state index contributed by atoms with van der Waals surface area (Å²) in [5.41, 5.74) is 2.59. The number of amides is 1. The van der Waals surface area contributed by atoms with Gasteiger partial charge in [-0.05, 0) is 37.5 Å². The van der Waals surface area contributed by atoms with Crippen molar-refractivity contribution in [1.82, 2.24) is 4.90 Å². The number of nitrogens with two attached hydrogens (primary N) is 1. The van der Waals surface area contributed by atoms with Crippen molar-refractivity contribution in [2.24, 2.45) is 5.84 Å². The second-order valence-corrected chi connectivity index (χ2v) is 5.67. The fraction of sp³-hybridized carbons (Fsp3) is 0.462. The molecule has 0 aliphatic carbocycles. The maximum atomic E-state index is 12.4. The number of benzene rings is 1. The fourth-order valence-electron chi connectivity index (χ4n) is 1.83. The van der Waals surface area contributed by atoms with Gasteiger partial charge in [-0.2, -0.15) is 11.8 Å². The van der Waals surface area contributed by atoms with Crippen LogP contribution in [0, 0.1) is 10.1 Å². The molecule has 0 saturated carbocycles. The van der Waals surface area contributed by atoms with Crippen LogP contribution in [0.3, 0.4) is 0 Å². The van der Waals surface area contributed by atoms with Gasteiger partial charge in [-0.15, -0.1) is 0 Å². The minimum atomic E-state index is -0.547. The van der Waals surface area contributed by atoms with Gasteiger partial charge in [0.1, 0.15) is 5.69 Å². The number of rotatable bonds is 7. The van der Waals surface area contributed by atoms with E-state index in [-0.39, 0.29) is 23.3 Å². The third-order valence-electron chi connectivity index (χ3n) is 3.32. The van der Waals surface area contributed by atoms with Gasteiger partial charge in [-0.25, -0.2) is 0 Å². The molecule has 1 atom stereocenters. The number of nitrogens with one attached hydrogen (secondary N) is 1. The summed E-state index contributed by atoms with van der Waals surface area (Å²) in [5.74, 6) is 6.06. The number of carbonyl (C=O) groups is 1. The Morgan fingerprint density at radius 3 is 2.76 bits per heavy atom. The number of carbonyl (C=O) groups excluding carboxylic acids is 1. The van der Waals surface area contributed by atoms with Crippen LogP contribution in [0.5, 0.6) is 0 Å². The van der Waals surface area contributed by atoms with Crippen LogP contribution in [0.25, 0.3) is 0 Å². The first kappa shape index (κ1) is 17.3. The molecule has 116 valence electrons. The zero-order valence-electron chi connectivity index (χ0n) is 12.3. The summed E-state index contributed by atoms with van der Waals surface area (Å²) in [6.07, 6.45) is 2.91. The molecular weight excluding hydrogens is 292 g/mol. The van der Waals surface area contributed by atoms with Gasteiger partial charge in [-0.1, -0.05) is 0 Å². The summed E-state index contributed by atoms with van der Waals surface area (Å²) in [6, 6.07) is 4.22. The predicted molar refractivity (Wildman–Crippen MR) is 85.5 cm³/mol. The van der Waals surface area contributed by atoms with Crippen molar-refractivity contribution in [2.75, 3.05) is 24.5 Å². The van der Waals surface area contributed by atoms with E-state index < -0.39 is 4.92 Å². The number of hydrazine groups is 1. The molecule has 0 fully saturated rings. The molecule has 1 aromatic rings. The maximum Gasteiger partial charge on any atom is 0.293 e. The van der Waals surface area contributed by atoms with E-state index in [1.165, 1.54) is 18.2 Å². The standard InChI is InChI=1S/C13H20N4O3S/c1-9(6-7-21-3)16(2)13(18)10-4-5-12(17(19)20)11(8-10)15-14/h4-5,8-9,15H,6-7,14H2,1-3H3. The Bertz CT molecular complexity index is 524. The molecule has 1 rings (SSSR count). The highest BCUT2D eigenvalue weighted by Crippen LogP contribution is 2.25. The van der Waals surface area contributed by atoms with E-state index in [9.17, 15) is 14.9 Å². The lowest BCUT2D eigenvalue weighted by Crippen LogP contribution is -2.35. The second kappa shape index (κ2) is 7.84.